The number of rotatable bonds is 1. The third-order valence-electron chi connectivity index (χ3n) is 3.16. The normalized spacial score (nSPS) is 40.9. The lowest BCUT2D eigenvalue weighted by atomic mass is 9.87. The van der Waals surface area contributed by atoms with E-state index in [1.807, 2.05) is 0 Å². The zero-order valence-electron chi connectivity index (χ0n) is 8.30. The summed E-state index contributed by atoms with van der Waals surface area (Å²) in [6.07, 6.45) is 4.09. The van der Waals surface area contributed by atoms with Gasteiger partial charge in [0.25, 0.3) is 0 Å². The first-order valence-corrected chi connectivity index (χ1v) is 4.87. The van der Waals surface area contributed by atoms with Gasteiger partial charge in [-0.1, -0.05) is 13.8 Å². The predicted molar refractivity (Wildman–Crippen MR) is 49.7 cm³/mol. The molecule has 0 aromatic carbocycles. The van der Waals surface area contributed by atoms with Gasteiger partial charge in [0.1, 0.15) is 0 Å². The van der Waals surface area contributed by atoms with Gasteiger partial charge in [-0.3, -0.25) is 0 Å². The van der Waals surface area contributed by atoms with Gasteiger partial charge in [0.05, 0.1) is 0 Å². The van der Waals surface area contributed by atoms with Gasteiger partial charge in [0.2, 0.25) is 0 Å². The van der Waals surface area contributed by atoms with Gasteiger partial charge < -0.3 is 4.90 Å². The lowest BCUT2D eigenvalue weighted by Crippen LogP contribution is -2.44. The van der Waals surface area contributed by atoms with Gasteiger partial charge >= 0.3 is 0 Å². The molecule has 0 amide bonds. The lowest BCUT2D eigenvalue weighted by Gasteiger charge is -2.40. The SMILES string of the molecule is CCC1C[C@H](C)CC(C)N1C. The maximum absolute atomic E-state index is 2.54. The van der Waals surface area contributed by atoms with Crippen LogP contribution in [-0.2, 0) is 0 Å². The van der Waals surface area contributed by atoms with Gasteiger partial charge in [0, 0.05) is 12.1 Å². The molecule has 11 heavy (non-hydrogen) atoms. The van der Waals surface area contributed by atoms with Gasteiger partial charge in [-0.25, -0.2) is 0 Å². The highest BCUT2D eigenvalue weighted by Gasteiger charge is 2.26. The fraction of sp³-hybridized carbons (Fsp3) is 1.00. The summed E-state index contributed by atoms with van der Waals surface area (Å²) in [6.45, 7) is 7.02. The van der Waals surface area contributed by atoms with E-state index in [2.05, 4.69) is 32.7 Å². The van der Waals surface area contributed by atoms with Crippen molar-refractivity contribution in [3.8, 4) is 0 Å². The average molecular weight is 155 g/mol. The standard InChI is InChI=1S/C10H21N/c1-5-10-7-8(2)6-9(3)11(10)4/h8-10H,5-7H2,1-4H3/t8-,9?,10?/m1/s1. The molecule has 3 atom stereocenters. The Labute approximate surface area is 70.8 Å². The van der Waals surface area contributed by atoms with E-state index in [4.69, 9.17) is 0 Å². The van der Waals surface area contributed by atoms with Gasteiger partial charge in [-0.15, -0.1) is 0 Å². The number of piperidine rings is 1. The molecule has 1 heterocycles. The zero-order chi connectivity index (χ0) is 8.43. The van der Waals surface area contributed by atoms with Crippen LogP contribution >= 0.6 is 0 Å². The zero-order valence-corrected chi connectivity index (χ0v) is 8.30. The summed E-state index contributed by atoms with van der Waals surface area (Å²) in [7, 11) is 2.27. The molecule has 0 radical (unpaired) electrons. The molecule has 0 saturated carbocycles. The first-order chi connectivity index (χ1) is 5.15. The molecule has 0 bridgehead atoms. The highest BCUT2D eigenvalue weighted by atomic mass is 15.2. The molecule has 2 unspecified atom stereocenters. The summed E-state index contributed by atoms with van der Waals surface area (Å²) in [5.41, 5.74) is 0. The molecule has 0 aromatic heterocycles. The van der Waals surface area contributed by atoms with Crippen LogP contribution in [0.25, 0.3) is 0 Å². The molecule has 1 aliphatic rings. The second kappa shape index (κ2) is 3.57. The first kappa shape index (κ1) is 9.05. The van der Waals surface area contributed by atoms with Crippen LogP contribution in [0.1, 0.15) is 40.0 Å². The molecule has 1 saturated heterocycles. The molecule has 0 spiro atoms. The van der Waals surface area contributed by atoms with Gasteiger partial charge in [0.15, 0.2) is 0 Å². The summed E-state index contributed by atoms with van der Waals surface area (Å²) in [5, 5.41) is 0. The molecule has 1 rings (SSSR count). The van der Waals surface area contributed by atoms with Crippen molar-refractivity contribution in [2.75, 3.05) is 7.05 Å². The van der Waals surface area contributed by atoms with Crippen molar-refractivity contribution in [2.45, 2.75) is 52.1 Å². The second-order valence-electron chi connectivity index (χ2n) is 4.15. The maximum Gasteiger partial charge on any atom is 0.00949 e. The predicted octanol–water partition coefficient (Wildman–Crippen LogP) is 2.52. The van der Waals surface area contributed by atoms with Crippen molar-refractivity contribution in [1.82, 2.24) is 4.90 Å². The minimum Gasteiger partial charge on any atom is -0.301 e. The van der Waals surface area contributed by atoms with E-state index in [0.29, 0.717) is 0 Å². The van der Waals surface area contributed by atoms with Crippen LogP contribution in [0, 0.1) is 5.92 Å². The molecule has 1 heteroatoms. The summed E-state index contributed by atoms with van der Waals surface area (Å²) in [4.78, 5) is 2.54. The van der Waals surface area contributed by atoms with Crippen LogP contribution in [-0.4, -0.2) is 24.0 Å². The third-order valence-corrected chi connectivity index (χ3v) is 3.16. The summed E-state index contributed by atoms with van der Waals surface area (Å²) < 4.78 is 0. The van der Waals surface area contributed by atoms with E-state index in [-0.39, 0.29) is 0 Å². The topological polar surface area (TPSA) is 3.24 Å². The van der Waals surface area contributed by atoms with Gasteiger partial charge in [-0.05, 0) is 39.2 Å². The van der Waals surface area contributed by atoms with Crippen molar-refractivity contribution in [1.29, 1.82) is 0 Å². The van der Waals surface area contributed by atoms with Crippen molar-refractivity contribution in [2.24, 2.45) is 5.92 Å². The van der Waals surface area contributed by atoms with Crippen LogP contribution in [0.5, 0.6) is 0 Å². The first-order valence-electron chi connectivity index (χ1n) is 4.87. The minimum absolute atomic E-state index is 0.795. The number of hydrogen-bond donors (Lipinski definition) is 0. The molecule has 1 aliphatic heterocycles. The van der Waals surface area contributed by atoms with Crippen molar-refractivity contribution in [3.05, 3.63) is 0 Å². The van der Waals surface area contributed by atoms with E-state index in [0.717, 1.165) is 18.0 Å². The number of nitrogens with zero attached hydrogens (tertiary/aromatic N) is 1. The Balaban J connectivity index is 2.51. The third kappa shape index (κ3) is 1.96. The number of hydrogen-bond acceptors (Lipinski definition) is 1. The molecular formula is C10H21N. The maximum atomic E-state index is 2.54. The summed E-state index contributed by atoms with van der Waals surface area (Å²) in [5.74, 6) is 0.936. The molecule has 66 valence electrons. The van der Waals surface area contributed by atoms with Crippen LogP contribution < -0.4 is 0 Å². The molecule has 1 nitrogen and oxygen atoms in total. The second-order valence-corrected chi connectivity index (χ2v) is 4.15. The van der Waals surface area contributed by atoms with Crippen molar-refractivity contribution < 1.29 is 0 Å². The summed E-state index contributed by atoms with van der Waals surface area (Å²) >= 11 is 0. The Morgan fingerprint density at radius 3 is 2.45 bits per heavy atom. The Bertz CT molecular complexity index is 122. The monoisotopic (exact) mass is 155 g/mol. The lowest BCUT2D eigenvalue weighted by molar-refractivity contribution is 0.0912. The fourth-order valence-corrected chi connectivity index (χ4v) is 2.29. The smallest absolute Gasteiger partial charge is 0.00949 e. The largest absolute Gasteiger partial charge is 0.301 e. The van der Waals surface area contributed by atoms with E-state index in [1.165, 1.54) is 19.3 Å². The van der Waals surface area contributed by atoms with Crippen LogP contribution in [0.3, 0.4) is 0 Å². The Morgan fingerprint density at radius 1 is 1.27 bits per heavy atom. The molecule has 1 fully saturated rings. The van der Waals surface area contributed by atoms with Crippen molar-refractivity contribution >= 4 is 0 Å². The van der Waals surface area contributed by atoms with E-state index >= 15 is 0 Å². The quantitative estimate of drug-likeness (QED) is 0.562. The molecule has 0 aliphatic carbocycles. The fourth-order valence-electron chi connectivity index (χ4n) is 2.29. The highest BCUT2D eigenvalue weighted by molar-refractivity contribution is 4.81. The molecule has 0 aromatic rings. The Hall–Kier alpha value is -0.0400. The Kier molecular flexibility index (Phi) is 2.94. The molecule has 0 N–H and O–H groups in total. The minimum atomic E-state index is 0.795. The summed E-state index contributed by atoms with van der Waals surface area (Å²) in [6, 6.07) is 1.64. The van der Waals surface area contributed by atoms with E-state index in [9.17, 15) is 0 Å². The van der Waals surface area contributed by atoms with E-state index < -0.39 is 0 Å². The highest BCUT2D eigenvalue weighted by Crippen LogP contribution is 2.27. The van der Waals surface area contributed by atoms with Crippen LogP contribution in [0.2, 0.25) is 0 Å². The van der Waals surface area contributed by atoms with Crippen LogP contribution in [0.15, 0.2) is 0 Å². The van der Waals surface area contributed by atoms with Gasteiger partial charge in [-0.2, -0.15) is 0 Å². The Morgan fingerprint density at radius 2 is 1.91 bits per heavy atom. The number of likely N-dealkylation sites (tertiary alicyclic amines) is 1. The average Bonchev–Trinajstić information content (AvgIpc) is 1.96. The van der Waals surface area contributed by atoms with E-state index in [1.54, 1.807) is 0 Å². The van der Waals surface area contributed by atoms with Crippen molar-refractivity contribution in [3.63, 3.8) is 0 Å². The molecular weight excluding hydrogens is 134 g/mol. The van der Waals surface area contributed by atoms with Crippen LogP contribution in [0.4, 0.5) is 0 Å².